The molecule has 0 aromatic carbocycles. The Morgan fingerprint density at radius 1 is 1.23 bits per heavy atom. The van der Waals surface area contributed by atoms with Crippen molar-refractivity contribution in [2.24, 2.45) is 0 Å². The first-order chi connectivity index (χ1) is 5.93. The Hall–Kier alpha value is -0.0800. The molecule has 0 bridgehead atoms. The second-order valence-corrected chi connectivity index (χ2v) is 5.11. The monoisotopic (exact) mass is 184 g/mol. The average molecular weight is 184 g/mol. The molecule has 1 unspecified atom stereocenters. The lowest BCUT2D eigenvalue weighted by molar-refractivity contribution is 0.131. The predicted molar refractivity (Wildman–Crippen MR) is 58.0 cm³/mol. The minimum Gasteiger partial charge on any atom is -0.308 e. The predicted octanol–water partition coefficient (Wildman–Crippen LogP) is 1.91. The summed E-state index contributed by atoms with van der Waals surface area (Å²) in [7, 11) is 0. The highest BCUT2D eigenvalue weighted by molar-refractivity contribution is 5.03. The van der Waals surface area contributed by atoms with Crippen LogP contribution in [0.3, 0.4) is 0 Å². The SMILES string of the molecule is CCC1NC(C)(C)CN[C@@]1(C)CC. The molecule has 1 aliphatic heterocycles. The third-order valence-electron chi connectivity index (χ3n) is 3.41. The molecule has 0 amide bonds. The molecule has 0 saturated carbocycles. The minimum atomic E-state index is 0.245. The topological polar surface area (TPSA) is 24.1 Å². The molecule has 0 aromatic rings. The summed E-state index contributed by atoms with van der Waals surface area (Å²) >= 11 is 0. The molecular formula is C11H24N2. The van der Waals surface area contributed by atoms with Crippen molar-refractivity contribution in [1.82, 2.24) is 10.6 Å². The van der Waals surface area contributed by atoms with Crippen molar-refractivity contribution in [3.8, 4) is 0 Å². The lowest BCUT2D eigenvalue weighted by Crippen LogP contribution is -2.70. The van der Waals surface area contributed by atoms with E-state index in [0.29, 0.717) is 6.04 Å². The fourth-order valence-electron chi connectivity index (χ4n) is 2.15. The van der Waals surface area contributed by atoms with Crippen LogP contribution in [0, 0.1) is 0 Å². The molecule has 0 aliphatic carbocycles. The second kappa shape index (κ2) is 3.58. The van der Waals surface area contributed by atoms with E-state index >= 15 is 0 Å². The fourth-order valence-corrected chi connectivity index (χ4v) is 2.15. The van der Waals surface area contributed by atoms with E-state index in [2.05, 4.69) is 45.3 Å². The van der Waals surface area contributed by atoms with Crippen molar-refractivity contribution < 1.29 is 0 Å². The van der Waals surface area contributed by atoms with Gasteiger partial charge in [0.25, 0.3) is 0 Å². The summed E-state index contributed by atoms with van der Waals surface area (Å²) < 4.78 is 0. The van der Waals surface area contributed by atoms with Crippen LogP contribution in [0.4, 0.5) is 0 Å². The lowest BCUT2D eigenvalue weighted by atomic mass is 9.82. The van der Waals surface area contributed by atoms with Crippen molar-refractivity contribution in [2.75, 3.05) is 6.54 Å². The van der Waals surface area contributed by atoms with Crippen LogP contribution in [0.15, 0.2) is 0 Å². The van der Waals surface area contributed by atoms with Gasteiger partial charge in [0.15, 0.2) is 0 Å². The molecule has 1 rings (SSSR count). The Labute approximate surface area is 82.5 Å². The van der Waals surface area contributed by atoms with Crippen LogP contribution in [-0.4, -0.2) is 23.7 Å². The third-order valence-corrected chi connectivity index (χ3v) is 3.41. The number of hydrogen-bond donors (Lipinski definition) is 2. The number of piperazine rings is 1. The Morgan fingerprint density at radius 3 is 2.31 bits per heavy atom. The van der Waals surface area contributed by atoms with Crippen LogP contribution in [0.1, 0.15) is 47.5 Å². The van der Waals surface area contributed by atoms with Gasteiger partial charge in [-0.25, -0.2) is 0 Å². The van der Waals surface area contributed by atoms with Crippen LogP contribution in [0.25, 0.3) is 0 Å². The summed E-state index contributed by atoms with van der Waals surface area (Å²) in [6.45, 7) is 12.4. The molecule has 1 saturated heterocycles. The van der Waals surface area contributed by atoms with E-state index in [-0.39, 0.29) is 11.1 Å². The maximum Gasteiger partial charge on any atom is 0.0304 e. The summed E-state index contributed by atoms with van der Waals surface area (Å²) in [5.41, 5.74) is 0.527. The summed E-state index contributed by atoms with van der Waals surface area (Å²) in [5, 5.41) is 7.40. The smallest absolute Gasteiger partial charge is 0.0304 e. The van der Waals surface area contributed by atoms with Gasteiger partial charge in [-0.15, -0.1) is 0 Å². The van der Waals surface area contributed by atoms with Crippen LogP contribution in [0.5, 0.6) is 0 Å². The largest absolute Gasteiger partial charge is 0.308 e. The van der Waals surface area contributed by atoms with E-state index in [0.717, 1.165) is 6.54 Å². The van der Waals surface area contributed by atoms with Gasteiger partial charge in [0.2, 0.25) is 0 Å². The first-order valence-electron chi connectivity index (χ1n) is 5.46. The first-order valence-corrected chi connectivity index (χ1v) is 5.46. The van der Waals surface area contributed by atoms with E-state index < -0.39 is 0 Å². The first kappa shape index (κ1) is 11.0. The molecule has 2 atom stereocenters. The third kappa shape index (κ3) is 2.23. The molecule has 1 aliphatic rings. The van der Waals surface area contributed by atoms with E-state index in [1.807, 2.05) is 0 Å². The van der Waals surface area contributed by atoms with Crippen molar-refractivity contribution in [3.63, 3.8) is 0 Å². The molecular weight excluding hydrogens is 160 g/mol. The van der Waals surface area contributed by atoms with Crippen LogP contribution in [0.2, 0.25) is 0 Å². The molecule has 78 valence electrons. The van der Waals surface area contributed by atoms with Gasteiger partial charge in [-0.2, -0.15) is 0 Å². The molecule has 1 fully saturated rings. The van der Waals surface area contributed by atoms with Crippen molar-refractivity contribution in [1.29, 1.82) is 0 Å². The summed E-state index contributed by atoms with van der Waals surface area (Å²) in [4.78, 5) is 0. The Bertz CT molecular complexity index is 177. The Kier molecular flexibility index (Phi) is 3.03. The fraction of sp³-hybridized carbons (Fsp3) is 1.00. The highest BCUT2D eigenvalue weighted by Crippen LogP contribution is 2.24. The van der Waals surface area contributed by atoms with Crippen LogP contribution in [-0.2, 0) is 0 Å². The van der Waals surface area contributed by atoms with Crippen LogP contribution >= 0.6 is 0 Å². The summed E-state index contributed by atoms with van der Waals surface area (Å²) in [6, 6.07) is 0.598. The maximum absolute atomic E-state index is 3.72. The Morgan fingerprint density at radius 2 is 1.85 bits per heavy atom. The van der Waals surface area contributed by atoms with E-state index in [1.54, 1.807) is 0 Å². The van der Waals surface area contributed by atoms with Crippen molar-refractivity contribution >= 4 is 0 Å². The molecule has 13 heavy (non-hydrogen) atoms. The zero-order chi connectivity index (χ0) is 10.1. The van der Waals surface area contributed by atoms with Gasteiger partial charge < -0.3 is 10.6 Å². The van der Waals surface area contributed by atoms with Gasteiger partial charge in [0.05, 0.1) is 0 Å². The highest BCUT2D eigenvalue weighted by atomic mass is 15.2. The van der Waals surface area contributed by atoms with E-state index in [4.69, 9.17) is 0 Å². The zero-order valence-corrected chi connectivity index (χ0v) is 9.70. The van der Waals surface area contributed by atoms with E-state index in [1.165, 1.54) is 12.8 Å². The Balaban J connectivity index is 2.71. The molecule has 0 radical (unpaired) electrons. The van der Waals surface area contributed by atoms with Gasteiger partial charge in [-0.1, -0.05) is 13.8 Å². The quantitative estimate of drug-likeness (QED) is 0.685. The number of hydrogen-bond acceptors (Lipinski definition) is 2. The van der Waals surface area contributed by atoms with Gasteiger partial charge in [0, 0.05) is 23.7 Å². The lowest BCUT2D eigenvalue weighted by Gasteiger charge is -2.49. The van der Waals surface area contributed by atoms with Gasteiger partial charge in [0.1, 0.15) is 0 Å². The van der Waals surface area contributed by atoms with Gasteiger partial charge in [-0.05, 0) is 33.6 Å². The molecule has 2 nitrogen and oxygen atoms in total. The van der Waals surface area contributed by atoms with E-state index in [9.17, 15) is 0 Å². The van der Waals surface area contributed by atoms with Gasteiger partial charge >= 0.3 is 0 Å². The minimum absolute atomic E-state index is 0.245. The molecule has 2 heteroatoms. The normalized spacial score (nSPS) is 39.0. The summed E-state index contributed by atoms with van der Waals surface area (Å²) in [6.07, 6.45) is 2.38. The summed E-state index contributed by atoms with van der Waals surface area (Å²) in [5.74, 6) is 0. The second-order valence-electron chi connectivity index (χ2n) is 5.11. The van der Waals surface area contributed by atoms with Crippen molar-refractivity contribution in [2.45, 2.75) is 64.6 Å². The number of nitrogens with one attached hydrogen (secondary N) is 2. The van der Waals surface area contributed by atoms with Crippen LogP contribution < -0.4 is 10.6 Å². The average Bonchev–Trinajstić information content (AvgIpc) is 2.09. The molecule has 2 N–H and O–H groups in total. The number of rotatable bonds is 2. The maximum atomic E-state index is 3.72. The van der Waals surface area contributed by atoms with Gasteiger partial charge in [-0.3, -0.25) is 0 Å². The zero-order valence-electron chi connectivity index (χ0n) is 9.70. The molecule has 1 heterocycles. The molecule has 0 spiro atoms. The standard InChI is InChI=1S/C11H24N2/c1-6-9-11(5,7-2)12-8-10(3,4)13-9/h9,12-13H,6-8H2,1-5H3/t9?,11-/m0/s1. The molecule has 0 aromatic heterocycles. The van der Waals surface area contributed by atoms with Crippen molar-refractivity contribution in [3.05, 3.63) is 0 Å². The highest BCUT2D eigenvalue weighted by Gasteiger charge is 2.39.